The summed E-state index contributed by atoms with van der Waals surface area (Å²) in [6.07, 6.45) is 27.1. The molecule has 0 aliphatic heterocycles. The zero-order valence-electron chi connectivity index (χ0n) is 36.5. The van der Waals surface area contributed by atoms with Crippen LogP contribution in [0.2, 0.25) is 0 Å². The maximum atomic E-state index is 5.14. The van der Waals surface area contributed by atoms with Gasteiger partial charge in [-0.1, -0.05) is 147 Å². The second-order valence-electron chi connectivity index (χ2n) is 16.4. The Kier molecular flexibility index (Phi) is 11.0. The first-order valence-electron chi connectivity index (χ1n) is 22.3. The molecule has 0 unspecified atom stereocenters. The number of benzene rings is 5. The highest BCUT2D eigenvalue weighted by Gasteiger charge is 2.22. The number of allylic oxidation sites excluding steroid dienone is 11. The van der Waals surface area contributed by atoms with E-state index in [9.17, 15) is 0 Å². The monoisotopic (exact) mass is 826 g/mol. The Morgan fingerprint density at radius 1 is 0.641 bits per heavy atom. The van der Waals surface area contributed by atoms with Crippen LogP contribution in [0, 0.1) is 0 Å². The summed E-state index contributed by atoms with van der Waals surface area (Å²) in [4.78, 5) is 10.2. The molecule has 4 heteroatoms. The van der Waals surface area contributed by atoms with E-state index in [-0.39, 0.29) is 0 Å². The summed E-state index contributed by atoms with van der Waals surface area (Å²) in [5, 5.41) is 4.91. The quantitative estimate of drug-likeness (QED) is 0.129. The molecule has 3 aromatic heterocycles. The molecule has 0 N–H and O–H groups in total. The van der Waals surface area contributed by atoms with Crippen molar-refractivity contribution in [2.75, 3.05) is 0 Å². The second-order valence-corrected chi connectivity index (χ2v) is 16.4. The number of hydrogen-bond donors (Lipinski definition) is 0. The molecule has 0 fully saturated rings. The molecule has 0 saturated carbocycles. The van der Waals surface area contributed by atoms with Crippen LogP contribution in [-0.4, -0.2) is 19.1 Å². The summed E-state index contributed by atoms with van der Waals surface area (Å²) in [5.74, 6) is 0.796. The van der Waals surface area contributed by atoms with E-state index in [2.05, 4.69) is 205 Å². The Labute approximate surface area is 375 Å². The smallest absolute Gasteiger partial charge is 0.156 e. The number of rotatable bonds is 10. The van der Waals surface area contributed by atoms with Crippen LogP contribution in [0.4, 0.5) is 0 Å². The van der Waals surface area contributed by atoms with Crippen molar-refractivity contribution in [1.29, 1.82) is 0 Å². The zero-order chi connectivity index (χ0) is 43.6. The molecule has 0 radical (unpaired) electrons. The first-order valence-corrected chi connectivity index (χ1v) is 22.3. The summed E-state index contributed by atoms with van der Waals surface area (Å²) in [6.45, 7) is 12.2. The van der Waals surface area contributed by atoms with Gasteiger partial charge in [-0.25, -0.2) is 9.97 Å². The Morgan fingerprint density at radius 2 is 1.34 bits per heavy atom. The second kappa shape index (κ2) is 17.5. The van der Waals surface area contributed by atoms with Crippen LogP contribution < -0.4 is 10.6 Å². The predicted molar refractivity (Wildman–Crippen MR) is 273 cm³/mol. The van der Waals surface area contributed by atoms with E-state index in [0.29, 0.717) is 0 Å². The van der Waals surface area contributed by atoms with Crippen molar-refractivity contribution in [3.8, 4) is 33.9 Å². The predicted octanol–water partition coefficient (Wildman–Crippen LogP) is 13.8. The van der Waals surface area contributed by atoms with Gasteiger partial charge in [0.1, 0.15) is 0 Å². The maximum absolute atomic E-state index is 5.14. The van der Waals surface area contributed by atoms with Gasteiger partial charge in [0, 0.05) is 33.3 Å². The van der Waals surface area contributed by atoms with Crippen molar-refractivity contribution in [3.05, 3.63) is 228 Å². The minimum Gasteiger partial charge on any atom is -0.310 e. The van der Waals surface area contributed by atoms with Gasteiger partial charge in [-0.3, -0.25) is 0 Å². The molecule has 2 aliphatic rings. The third-order valence-corrected chi connectivity index (χ3v) is 12.6. The van der Waals surface area contributed by atoms with Gasteiger partial charge in [-0.05, 0) is 139 Å². The molecule has 0 amide bonds. The van der Waals surface area contributed by atoms with Gasteiger partial charge >= 0.3 is 0 Å². The highest BCUT2D eigenvalue weighted by molar-refractivity contribution is 6.10. The van der Waals surface area contributed by atoms with Gasteiger partial charge in [-0.2, -0.15) is 0 Å². The Balaban J connectivity index is 1.04. The largest absolute Gasteiger partial charge is 0.310 e. The lowest BCUT2D eigenvalue weighted by molar-refractivity contribution is 0.960. The van der Waals surface area contributed by atoms with Gasteiger partial charge in [0.25, 0.3) is 0 Å². The minimum absolute atomic E-state index is 0.796. The standard InChI is InChI=1S/C60H50N4/c1-5-17-41(18-6-2)42-26-32-49(33-27-42)64-56(19-7-3)50(8-4)52-36-30-47(39-59(52)64)46-31-37-58-53(38-46)51-24-15-16-25-57(51)63(58)48-34-28-44(29-35-48)55-40-54(43-20-11-9-12-21-43)61-60(62-55)45-22-13-10-14-23-45/h5-13,15-22,24-29,31-35,37-40H,1,3,14,23,30,36H2,2,4H3/b18-6-,41-17+,50-8-,56-19+. The Morgan fingerprint density at radius 3 is 2.06 bits per heavy atom. The molecule has 310 valence electrons. The van der Waals surface area contributed by atoms with Crippen LogP contribution in [0.25, 0.3) is 90.6 Å². The average Bonchev–Trinajstić information content (AvgIpc) is 3.85. The van der Waals surface area contributed by atoms with E-state index in [0.717, 1.165) is 81.9 Å². The van der Waals surface area contributed by atoms with Crippen molar-refractivity contribution < 1.29 is 0 Å². The van der Waals surface area contributed by atoms with E-state index in [1.165, 1.54) is 55.0 Å². The van der Waals surface area contributed by atoms with Gasteiger partial charge in [0.05, 0.1) is 33.5 Å². The van der Waals surface area contributed by atoms with Gasteiger partial charge in [-0.15, -0.1) is 0 Å². The SMILES string of the molecule is C=C/C=C(\C=C/C)c1ccc(-n2c3c(c(=C/C)/c2=C\C=C)CCC(c2ccc4c(c2)c2ccccc2n4-c2ccc(-c4cc(-c5ccccc5)nc(C5=CC=CCC5)n4)cc2)=C3)cc1. The fourth-order valence-electron chi connectivity index (χ4n) is 9.57. The van der Waals surface area contributed by atoms with Gasteiger partial charge in [0.2, 0.25) is 0 Å². The summed E-state index contributed by atoms with van der Waals surface area (Å²) < 4.78 is 4.80. The lowest BCUT2D eigenvalue weighted by Crippen LogP contribution is -2.29. The molecule has 2 aliphatic carbocycles. The number of hydrogen-bond acceptors (Lipinski definition) is 2. The van der Waals surface area contributed by atoms with E-state index in [4.69, 9.17) is 9.97 Å². The molecule has 5 aromatic carbocycles. The van der Waals surface area contributed by atoms with Crippen molar-refractivity contribution in [3.63, 3.8) is 0 Å². The van der Waals surface area contributed by atoms with E-state index >= 15 is 0 Å². The van der Waals surface area contributed by atoms with Crippen LogP contribution >= 0.6 is 0 Å². The molecule has 8 aromatic rings. The molecule has 4 nitrogen and oxygen atoms in total. The summed E-state index contributed by atoms with van der Waals surface area (Å²) in [6, 6.07) is 46.0. The highest BCUT2D eigenvalue weighted by Crippen LogP contribution is 2.38. The molecule has 0 spiro atoms. The average molecular weight is 827 g/mol. The first-order chi connectivity index (χ1) is 31.6. The van der Waals surface area contributed by atoms with Gasteiger partial charge < -0.3 is 9.13 Å². The highest BCUT2D eigenvalue weighted by atomic mass is 15.0. The Bertz CT molecular complexity index is 3400. The van der Waals surface area contributed by atoms with Gasteiger partial charge in [0.15, 0.2) is 5.82 Å². The fourth-order valence-corrected chi connectivity index (χ4v) is 9.57. The van der Waals surface area contributed by atoms with E-state index < -0.39 is 0 Å². The molecule has 0 atom stereocenters. The molecule has 64 heavy (non-hydrogen) atoms. The third-order valence-electron chi connectivity index (χ3n) is 12.6. The number of nitrogens with zero attached hydrogens (tertiary/aromatic N) is 4. The van der Waals surface area contributed by atoms with Crippen LogP contribution in [0.15, 0.2) is 189 Å². The molecule has 0 bridgehead atoms. The summed E-state index contributed by atoms with van der Waals surface area (Å²) in [5.41, 5.74) is 17.2. The van der Waals surface area contributed by atoms with Crippen LogP contribution in [-0.2, 0) is 6.42 Å². The normalized spacial score (nSPS) is 14.6. The minimum atomic E-state index is 0.796. The molecule has 3 heterocycles. The summed E-state index contributed by atoms with van der Waals surface area (Å²) >= 11 is 0. The van der Waals surface area contributed by atoms with Crippen LogP contribution in [0.1, 0.15) is 61.3 Å². The van der Waals surface area contributed by atoms with Crippen LogP contribution in [0.5, 0.6) is 0 Å². The molecular weight excluding hydrogens is 777 g/mol. The number of fused-ring (bicyclic) bond motifs is 4. The third kappa shape index (κ3) is 7.37. The Hall–Kier alpha value is -7.82. The molecular formula is C60H50N4. The molecule has 0 saturated heterocycles. The van der Waals surface area contributed by atoms with E-state index in [1.807, 2.05) is 25.1 Å². The lowest BCUT2D eigenvalue weighted by atomic mass is 9.90. The number of aromatic nitrogens is 4. The van der Waals surface area contributed by atoms with E-state index in [1.54, 1.807) is 0 Å². The van der Waals surface area contributed by atoms with Crippen molar-refractivity contribution >= 4 is 56.8 Å². The first kappa shape index (κ1) is 40.3. The lowest BCUT2D eigenvalue weighted by Gasteiger charge is -2.18. The topological polar surface area (TPSA) is 35.6 Å². The summed E-state index contributed by atoms with van der Waals surface area (Å²) in [7, 11) is 0. The zero-order valence-corrected chi connectivity index (χ0v) is 36.5. The van der Waals surface area contributed by atoms with Crippen molar-refractivity contribution in [2.45, 2.75) is 39.5 Å². The number of para-hydroxylation sites is 1. The van der Waals surface area contributed by atoms with Crippen LogP contribution in [0.3, 0.4) is 0 Å². The molecule has 10 rings (SSSR count). The fraction of sp³-hybridized carbons (Fsp3) is 0.100. The van der Waals surface area contributed by atoms with Crippen molar-refractivity contribution in [1.82, 2.24) is 19.1 Å². The van der Waals surface area contributed by atoms with Crippen molar-refractivity contribution in [2.24, 2.45) is 0 Å². The maximum Gasteiger partial charge on any atom is 0.156 e.